The van der Waals surface area contributed by atoms with E-state index in [-0.39, 0.29) is 5.91 Å². The van der Waals surface area contributed by atoms with E-state index in [4.69, 9.17) is 26.1 Å². The fraction of sp³-hybridized carbons (Fsp3) is 0.115. The number of halogens is 1. The molecule has 0 bridgehead atoms. The maximum absolute atomic E-state index is 12.9. The van der Waals surface area contributed by atoms with Gasteiger partial charge in [0.1, 0.15) is 22.8 Å². The van der Waals surface area contributed by atoms with Gasteiger partial charge in [-0.1, -0.05) is 29.8 Å². The number of carbonyl (C=O) groups is 1. The van der Waals surface area contributed by atoms with Crippen molar-refractivity contribution in [3.63, 3.8) is 0 Å². The number of fused-ring (bicyclic) bond motifs is 1. The Labute approximate surface area is 206 Å². The van der Waals surface area contributed by atoms with Crippen LogP contribution < -0.4 is 14.8 Å². The number of hydrogen-bond donors (Lipinski definition) is 1. The second-order valence-corrected chi connectivity index (χ2v) is 8.22. The zero-order valence-electron chi connectivity index (χ0n) is 19.1. The molecule has 8 nitrogen and oxygen atoms in total. The molecule has 0 aliphatic rings. The highest BCUT2D eigenvalue weighted by molar-refractivity contribution is 6.32. The summed E-state index contributed by atoms with van der Waals surface area (Å²) >= 11 is 6.19. The molecular formula is C26H22ClN5O3. The first-order chi connectivity index (χ1) is 17.0. The number of methoxy groups -OCH3 is 2. The van der Waals surface area contributed by atoms with Crippen LogP contribution in [0.3, 0.4) is 0 Å². The Morgan fingerprint density at radius 3 is 2.57 bits per heavy atom. The maximum Gasteiger partial charge on any atom is 0.256 e. The zero-order chi connectivity index (χ0) is 24.4. The monoisotopic (exact) mass is 487 g/mol. The van der Waals surface area contributed by atoms with Crippen molar-refractivity contribution in [1.29, 1.82) is 0 Å². The van der Waals surface area contributed by atoms with E-state index in [1.165, 1.54) is 7.11 Å². The average Bonchev–Trinajstić information content (AvgIpc) is 3.48. The number of anilines is 1. The van der Waals surface area contributed by atoms with Gasteiger partial charge in [0, 0.05) is 24.0 Å². The predicted octanol–water partition coefficient (Wildman–Crippen LogP) is 5.17. The van der Waals surface area contributed by atoms with Crippen LogP contribution in [0.25, 0.3) is 17.0 Å². The summed E-state index contributed by atoms with van der Waals surface area (Å²) in [4.78, 5) is 17.6. The lowest BCUT2D eigenvalue weighted by Crippen LogP contribution is -2.13. The van der Waals surface area contributed by atoms with Gasteiger partial charge in [-0.25, -0.2) is 4.98 Å². The molecule has 0 spiro atoms. The summed E-state index contributed by atoms with van der Waals surface area (Å²) in [5.41, 5.74) is 3.75. The van der Waals surface area contributed by atoms with Gasteiger partial charge in [-0.2, -0.15) is 5.10 Å². The van der Waals surface area contributed by atoms with Gasteiger partial charge in [0.15, 0.2) is 5.82 Å². The van der Waals surface area contributed by atoms with E-state index in [0.29, 0.717) is 28.7 Å². The van der Waals surface area contributed by atoms with E-state index < -0.39 is 0 Å². The third-order valence-corrected chi connectivity index (χ3v) is 5.85. The maximum atomic E-state index is 12.9. The van der Waals surface area contributed by atoms with Gasteiger partial charge >= 0.3 is 0 Å². The van der Waals surface area contributed by atoms with Crippen LogP contribution in [0.5, 0.6) is 11.5 Å². The minimum Gasteiger partial charge on any atom is -0.497 e. The van der Waals surface area contributed by atoms with Gasteiger partial charge < -0.3 is 19.2 Å². The first-order valence-electron chi connectivity index (χ1n) is 10.8. The minimum absolute atomic E-state index is 0.329. The molecule has 176 valence electrons. The summed E-state index contributed by atoms with van der Waals surface area (Å²) in [6.45, 7) is 0.484. The minimum atomic E-state index is -0.329. The van der Waals surface area contributed by atoms with Crippen molar-refractivity contribution >= 4 is 29.0 Å². The highest BCUT2D eigenvalue weighted by Crippen LogP contribution is 2.27. The molecule has 3 heterocycles. The molecule has 3 aromatic heterocycles. The summed E-state index contributed by atoms with van der Waals surface area (Å²) in [5.74, 6) is 1.36. The van der Waals surface area contributed by atoms with Crippen LogP contribution >= 0.6 is 11.6 Å². The molecule has 0 saturated carbocycles. The molecule has 0 aliphatic carbocycles. The van der Waals surface area contributed by atoms with Gasteiger partial charge in [0.2, 0.25) is 0 Å². The van der Waals surface area contributed by atoms with Crippen molar-refractivity contribution in [3.8, 4) is 22.9 Å². The number of benzene rings is 2. The molecule has 9 heteroatoms. The normalized spacial score (nSPS) is 10.9. The smallest absolute Gasteiger partial charge is 0.256 e. The fourth-order valence-corrected chi connectivity index (χ4v) is 4.02. The van der Waals surface area contributed by atoms with E-state index >= 15 is 0 Å². The van der Waals surface area contributed by atoms with Gasteiger partial charge in [-0.15, -0.1) is 0 Å². The lowest BCUT2D eigenvalue weighted by Gasteiger charge is -2.07. The molecule has 2 aromatic carbocycles. The van der Waals surface area contributed by atoms with Crippen molar-refractivity contribution < 1.29 is 14.3 Å². The SMILES string of the molecule is COc1ccc(Cn2nc(NC(=O)c3ccc(OC)c(Cl)c3)cc2-c2cn3ccccc3n2)cc1. The highest BCUT2D eigenvalue weighted by Gasteiger charge is 2.17. The summed E-state index contributed by atoms with van der Waals surface area (Å²) in [7, 11) is 3.16. The van der Waals surface area contributed by atoms with Crippen molar-refractivity contribution in [1.82, 2.24) is 19.2 Å². The number of ether oxygens (including phenoxy) is 2. The molecule has 35 heavy (non-hydrogen) atoms. The Morgan fingerprint density at radius 1 is 1.03 bits per heavy atom. The topological polar surface area (TPSA) is 82.7 Å². The molecule has 0 atom stereocenters. The summed E-state index contributed by atoms with van der Waals surface area (Å²) in [6, 6.07) is 20.3. The molecule has 5 aromatic rings. The van der Waals surface area contributed by atoms with Crippen LogP contribution in [-0.2, 0) is 6.54 Å². The van der Waals surface area contributed by atoms with Gasteiger partial charge in [-0.05, 0) is 48.0 Å². The van der Waals surface area contributed by atoms with Crippen LogP contribution in [0.1, 0.15) is 15.9 Å². The van der Waals surface area contributed by atoms with Crippen LogP contribution in [0, 0.1) is 0 Å². The molecule has 0 fully saturated rings. The Morgan fingerprint density at radius 2 is 1.86 bits per heavy atom. The van der Waals surface area contributed by atoms with E-state index in [2.05, 4.69) is 10.4 Å². The van der Waals surface area contributed by atoms with Crippen LogP contribution in [0.2, 0.25) is 5.02 Å². The molecule has 0 radical (unpaired) electrons. The number of rotatable bonds is 7. The summed E-state index contributed by atoms with van der Waals surface area (Å²) in [5, 5.41) is 7.89. The third kappa shape index (κ3) is 4.69. The number of imidazole rings is 1. The molecule has 0 aliphatic heterocycles. The second kappa shape index (κ2) is 9.52. The Bertz CT molecular complexity index is 1470. The molecular weight excluding hydrogens is 466 g/mol. The van der Waals surface area contributed by atoms with Gasteiger partial charge in [-0.3, -0.25) is 9.48 Å². The van der Waals surface area contributed by atoms with E-state index in [0.717, 1.165) is 28.3 Å². The van der Waals surface area contributed by atoms with E-state index in [1.807, 2.05) is 70.0 Å². The van der Waals surface area contributed by atoms with Crippen LogP contribution in [-0.4, -0.2) is 39.3 Å². The lowest BCUT2D eigenvalue weighted by atomic mass is 10.2. The first kappa shape index (κ1) is 22.5. The molecule has 1 N–H and O–H groups in total. The third-order valence-electron chi connectivity index (χ3n) is 5.55. The highest BCUT2D eigenvalue weighted by atomic mass is 35.5. The Kier molecular flexibility index (Phi) is 6.12. The van der Waals surface area contributed by atoms with Crippen molar-refractivity contribution in [2.45, 2.75) is 6.54 Å². The number of carbonyl (C=O) groups excluding carboxylic acids is 1. The van der Waals surface area contributed by atoms with Crippen molar-refractivity contribution in [2.75, 3.05) is 19.5 Å². The van der Waals surface area contributed by atoms with E-state index in [9.17, 15) is 4.79 Å². The largest absolute Gasteiger partial charge is 0.497 e. The van der Waals surface area contributed by atoms with Crippen LogP contribution in [0.15, 0.2) is 79.1 Å². The number of nitrogens with zero attached hydrogens (tertiary/aromatic N) is 4. The van der Waals surface area contributed by atoms with Crippen molar-refractivity contribution in [3.05, 3.63) is 95.3 Å². The molecule has 5 rings (SSSR count). The summed E-state index contributed by atoms with van der Waals surface area (Å²) < 4.78 is 14.2. The Hall–Kier alpha value is -4.30. The standard InChI is InChI=1S/C26H22ClN5O3/c1-34-19-9-6-17(7-10-19)15-32-22(21-16-31-12-4-3-5-25(31)28-21)14-24(30-32)29-26(33)18-8-11-23(35-2)20(27)13-18/h3-14,16H,15H2,1-2H3,(H,29,30,33). The number of aromatic nitrogens is 4. The number of hydrogen-bond acceptors (Lipinski definition) is 5. The van der Waals surface area contributed by atoms with Crippen molar-refractivity contribution in [2.24, 2.45) is 0 Å². The average molecular weight is 488 g/mol. The van der Waals surface area contributed by atoms with Crippen LogP contribution in [0.4, 0.5) is 5.82 Å². The van der Waals surface area contributed by atoms with Gasteiger partial charge in [0.05, 0.1) is 31.5 Å². The second-order valence-electron chi connectivity index (χ2n) is 7.82. The van der Waals surface area contributed by atoms with Gasteiger partial charge in [0.25, 0.3) is 5.91 Å². The number of amides is 1. The lowest BCUT2D eigenvalue weighted by molar-refractivity contribution is 0.102. The van der Waals surface area contributed by atoms with E-state index in [1.54, 1.807) is 25.3 Å². The zero-order valence-corrected chi connectivity index (χ0v) is 19.9. The number of pyridine rings is 1. The summed E-state index contributed by atoms with van der Waals surface area (Å²) in [6.07, 6.45) is 3.87. The predicted molar refractivity (Wildman–Crippen MR) is 134 cm³/mol. The number of nitrogens with one attached hydrogen (secondary N) is 1. The fourth-order valence-electron chi connectivity index (χ4n) is 3.76. The first-order valence-corrected chi connectivity index (χ1v) is 11.2. The molecule has 0 saturated heterocycles. The quantitative estimate of drug-likeness (QED) is 0.342. The molecule has 1 amide bonds. The Balaban J connectivity index is 1.48. The molecule has 0 unspecified atom stereocenters.